The van der Waals surface area contributed by atoms with E-state index < -0.39 is 17.6 Å². The van der Waals surface area contributed by atoms with Gasteiger partial charge in [-0.3, -0.25) is 19.4 Å². The van der Waals surface area contributed by atoms with E-state index in [0.29, 0.717) is 11.4 Å². The molecule has 0 atom stereocenters. The molecule has 4 rings (SSSR count). The van der Waals surface area contributed by atoms with E-state index >= 15 is 0 Å². The first-order valence-corrected chi connectivity index (χ1v) is 13.8. The molecule has 5 N–H and O–H groups in total. The number of alkyl halides is 3. The second-order valence-electron chi connectivity index (χ2n) is 9.92. The second kappa shape index (κ2) is 13.7. The van der Waals surface area contributed by atoms with Gasteiger partial charge in [0.1, 0.15) is 0 Å². The van der Waals surface area contributed by atoms with Crippen molar-refractivity contribution in [2.75, 3.05) is 23.4 Å². The lowest BCUT2D eigenvalue weighted by atomic mass is 10.0. The van der Waals surface area contributed by atoms with Crippen LogP contribution < -0.4 is 21.9 Å². The summed E-state index contributed by atoms with van der Waals surface area (Å²) in [6, 6.07) is 8.84. The van der Waals surface area contributed by atoms with Gasteiger partial charge >= 0.3 is 6.18 Å². The summed E-state index contributed by atoms with van der Waals surface area (Å²) in [4.78, 5) is 15.1. The summed E-state index contributed by atoms with van der Waals surface area (Å²) in [5.41, 5.74) is 9.27. The SMILES string of the molecule is CC.Cc1ccc(C(=O)Nc2ccc(CN3CCCCC3)c(C(F)(F)F)c2)cc1N(N)/C=C(\N)c1cnn(C)c1C. The maximum Gasteiger partial charge on any atom is 0.416 e. The number of likely N-dealkylation sites (tertiary alicyclic amines) is 1. The van der Waals surface area contributed by atoms with Gasteiger partial charge in [0.05, 0.1) is 23.1 Å². The standard InChI is InChI=1S/C28H34F3N7O.C2H6/c1-18-7-8-20(13-26(18)38(33)17-25(32)23-15-34-36(3)19(23)2)27(39)35-22-10-9-21(24(14-22)28(29,30)31)16-37-11-5-4-6-12-37;1-2/h7-10,13-15,17H,4-6,11-12,16,32-33H2,1-3H3,(H,35,39);1-2H3/b25-17-;. The summed E-state index contributed by atoms with van der Waals surface area (Å²) in [5.74, 6) is 5.71. The molecule has 0 bridgehead atoms. The highest BCUT2D eigenvalue weighted by Gasteiger charge is 2.34. The largest absolute Gasteiger partial charge is 0.416 e. The minimum atomic E-state index is -4.54. The first kappa shape index (κ1) is 31.7. The molecule has 2 heterocycles. The topological polar surface area (TPSA) is 105 Å². The normalized spacial score (nSPS) is 14.3. The van der Waals surface area contributed by atoms with E-state index in [0.717, 1.165) is 55.2 Å². The molecule has 1 saturated heterocycles. The number of hydrogen-bond donors (Lipinski definition) is 3. The molecule has 0 aliphatic carbocycles. The highest BCUT2D eigenvalue weighted by molar-refractivity contribution is 6.05. The van der Waals surface area contributed by atoms with E-state index in [1.54, 1.807) is 36.1 Å². The van der Waals surface area contributed by atoms with Crippen LogP contribution in [-0.4, -0.2) is 33.7 Å². The number of halogens is 3. The predicted octanol–water partition coefficient (Wildman–Crippen LogP) is 5.96. The van der Waals surface area contributed by atoms with Crippen LogP contribution in [-0.2, 0) is 19.8 Å². The number of hydrazine groups is 1. The predicted molar refractivity (Wildman–Crippen MR) is 158 cm³/mol. The number of piperidine rings is 1. The first-order chi connectivity index (χ1) is 19.4. The average molecular weight is 572 g/mol. The van der Waals surface area contributed by atoms with E-state index in [-0.39, 0.29) is 23.4 Å². The van der Waals surface area contributed by atoms with Crippen LogP contribution in [0.15, 0.2) is 48.8 Å². The molecule has 0 spiro atoms. The van der Waals surface area contributed by atoms with Gasteiger partial charge in [-0.25, -0.2) is 5.84 Å². The fourth-order valence-corrected chi connectivity index (χ4v) is 4.72. The van der Waals surface area contributed by atoms with Crippen LogP contribution in [0.25, 0.3) is 5.70 Å². The maximum absolute atomic E-state index is 13.9. The molecule has 0 unspecified atom stereocenters. The molecule has 3 aromatic rings. The molecule has 8 nitrogen and oxygen atoms in total. The van der Waals surface area contributed by atoms with Gasteiger partial charge in [0.15, 0.2) is 0 Å². The van der Waals surface area contributed by atoms with Crippen molar-refractivity contribution in [3.63, 3.8) is 0 Å². The molecule has 1 fully saturated rings. The number of amides is 1. The summed E-state index contributed by atoms with van der Waals surface area (Å²) < 4.78 is 43.4. The Bertz CT molecular complexity index is 1370. The van der Waals surface area contributed by atoms with Crippen LogP contribution in [0.1, 0.15) is 71.4 Å². The van der Waals surface area contributed by atoms with Crippen LogP contribution in [0, 0.1) is 13.8 Å². The van der Waals surface area contributed by atoms with Gasteiger partial charge in [-0.1, -0.05) is 32.4 Å². The minimum Gasteiger partial charge on any atom is -0.397 e. The van der Waals surface area contributed by atoms with E-state index in [2.05, 4.69) is 10.4 Å². The van der Waals surface area contributed by atoms with Crippen LogP contribution in [0.3, 0.4) is 0 Å². The lowest BCUT2D eigenvalue weighted by molar-refractivity contribution is -0.138. The summed E-state index contributed by atoms with van der Waals surface area (Å²) in [5, 5.41) is 8.09. The van der Waals surface area contributed by atoms with Gasteiger partial charge < -0.3 is 11.1 Å². The maximum atomic E-state index is 13.9. The fraction of sp³-hybridized carbons (Fsp3) is 0.400. The molecule has 222 valence electrons. The minimum absolute atomic E-state index is 0.0673. The van der Waals surface area contributed by atoms with Gasteiger partial charge in [0, 0.05) is 42.3 Å². The smallest absolute Gasteiger partial charge is 0.397 e. The number of aromatic nitrogens is 2. The number of anilines is 2. The van der Waals surface area contributed by atoms with Crippen LogP contribution >= 0.6 is 0 Å². The summed E-state index contributed by atoms with van der Waals surface area (Å²) >= 11 is 0. The number of nitrogens with two attached hydrogens (primary N) is 2. The van der Waals surface area contributed by atoms with Crippen molar-refractivity contribution in [1.82, 2.24) is 14.7 Å². The van der Waals surface area contributed by atoms with Gasteiger partial charge in [0.25, 0.3) is 5.91 Å². The number of rotatable bonds is 7. The van der Waals surface area contributed by atoms with Gasteiger partial charge in [-0.15, -0.1) is 0 Å². The van der Waals surface area contributed by atoms with Crippen LogP contribution in [0.2, 0.25) is 0 Å². The van der Waals surface area contributed by atoms with Gasteiger partial charge in [-0.05, 0) is 75.2 Å². The Morgan fingerprint density at radius 1 is 1.10 bits per heavy atom. The van der Waals surface area contributed by atoms with Crippen molar-refractivity contribution in [3.05, 3.63) is 82.3 Å². The van der Waals surface area contributed by atoms with E-state index in [9.17, 15) is 18.0 Å². The molecule has 11 heteroatoms. The Balaban J connectivity index is 0.00000226. The third-order valence-electron chi connectivity index (χ3n) is 7.09. The number of hydrogen-bond acceptors (Lipinski definition) is 6. The molecule has 1 aromatic heterocycles. The van der Waals surface area contributed by atoms with Crippen molar-refractivity contribution in [1.29, 1.82) is 0 Å². The quantitative estimate of drug-likeness (QED) is 0.239. The molecule has 2 aromatic carbocycles. The number of aryl methyl sites for hydroxylation is 2. The van der Waals surface area contributed by atoms with Gasteiger partial charge in [-0.2, -0.15) is 18.3 Å². The van der Waals surface area contributed by atoms with E-state index in [4.69, 9.17) is 11.6 Å². The van der Waals surface area contributed by atoms with E-state index in [1.807, 2.05) is 32.6 Å². The zero-order chi connectivity index (χ0) is 30.3. The van der Waals surface area contributed by atoms with Crippen LogP contribution in [0.5, 0.6) is 0 Å². The zero-order valence-corrected chi connectivity index (χ0v) is 24.3. The van der Waals surface area contributed by atoms with Gasteiger partial charge in [0.2, 0.25) is 0 Å². The number of nitrogens with one attached hydrogen (secondary N) is 1. The molecular weight excluding hydrogens is 531 g/mol. The Morgan fingerprint density at radius 3 is 2.39 bits per heavy atom. The van der Waals surface area contributed by atoms with Crippen molar-refractivity contribution in [3.8, 4) is 0 Å². The summed E-state index contributed by atoms with van der Waals surface area (Å²) in [6.07, 6.45) is 1.70. The molecular formula is C30H40F3N7O. The first-order valence-electron chi connectivity index (χ1n) is 13.8. The van der Waals surface area contributed by atoms with Crippen molar-refractivity contribution < 1.29 is 18.0 Å². The highest BCUT2D eigenvalue weighted by atomic mass is 19.4. The molecule has 1 aliphatic rings. The average Bonchev–Trinajstić information content (AvgIpc) is 3.28. The number of nitrogens with zero attached hydrogens (tertiary/aromatic N) is 4. The van der Waals surface area contributed by atoms with E-state index in [1.165, 1.54) is 23.3 Å². The third-order valence-corrected chi connectivity index (χ3v) is 7.09. The van der Waals surface area contributed by atoms with Crippen LogP contribution in [0.4, 0.5) is 24.5 Å². The monoisotopic (exact) mass is 571 g/mol. The number of carbonyl (C=O) groups excluding carboxylic acids is 1. The third kappa shape index (κ3) is 7.89. The summed E-state index contributed by atoms with van der Waals surface area (Å²) in [7, 11) is 1.80. The summed E-state index contributed by atoms with van der Waals surface area (Å²) in [6.45, 7) is 9.50. The Kier molecular flexibility index (Phi) is 10.6. The molecule has 0 radical (unpaired) electrons. The Morgan fingerprint density at radius 2 is 1.78 bits per heavy atom. The number of carbonyl (C=O) groups is 1. The molecule has 41 heavy (non-hydrogen) atoms. The molecule has 1 aliphatic heterocycles. The number of benzene rings is 2. The lowest BCUT2D eigenvalue weighted by Crippen LogP contribution is -2.30. The Hall–Kier alpha value is -3.83. The zero-order valence-electron chi connectivity index (χ0n) is 24.3. The Labute approximate surface area is 239 Å². The highest BCUT2D eigenvalue weighted by Crippen LogP contribution is 2.35. The molecule has 1 amide bonds. The van der Waals surface area contributed by atoms with Crippen molar-refractivity contribution >= 4 is 23.0 Å². The van der Waals surface area contributed by atoms with Crippen molar-refractivity contribution in [2.24, 2.45) is 18.6 Å². The van der Waals surface area contributed by atoms with Crippen molar-refractivity contribution in [2.45, 2.75) is 59.7 Å². The molecule has 0 saturated carbocycles. The fourth-order valence-electron chi connectivity index (χ4n) is 4.72. The lowest BCUT2D eigenvalue weighted by Gasteiger charge is -2.27. The second-order valence-corrected chi connectivity index (χ2v) is 9.92.